The second-order valence-electron chi connectivity index (χ2n) is 4.35. The molecule has 104 valence electrons. The number of hydrogen-bond donors (Lipinski definition) is 2. The van der Waals surface area contributed by atoms with Crippen molar-refractivity contribution in [3.63, 3.8) is 0 Å². The molecule has 0 spiro atoms. The van der Waals surface area contributed by atoms with Crippen LogP contribution in [0.3, 0.4) is 0 Å². The van der Waals surface area contributed by atoms with Gasteiger partial charge in [-0.15, -0.1) is 0 Å². The van der Waals surface area contributed by atoms with Crippen molar-refractivity contribution in [3.8, 4) is 5.88 Å². The van der Waals surface area contributed by atoms with Crippen molar-refractivity contribution in [2.45, 2.75) is 12.8 Å². The molecule has 0 aliphatic heterocycles. The third kappa shape index (κ3) is 3.71. The molecule has 2 rings (SSSR count). The summed E-state index contributed by atoms with van der Waals surface area (Å²) in [6.45, 7) is 0.477. The van der Waals surface area contributed by atoms with E-state index in [9.17, 15) is 4.79 Å². The van der Waals surface area contributed by atoms with Crippen molar-refractivity contribution < 1.29 is 14.6 Å². The van der Waals surface area contributed by atoms with Crippen LogP contribution in [0.25, 0.3) is 0 Å². The van der Waals surface area contributed by atoms with E-state index in [4.69, 9.17) is 15.6 Å². The van der Waals surface area contributed by atoms with E-state index in [1.54, 1.807) is 0 Å². The lowest BCUT2D eigenvalue weighted by molar-refractivity contribution is 0.0697. The lowest BCUT2D eigenvalue weighted by Gasteiger charge is -2.07. The second-order valence-corrected chi connectivity index (χ2v) is 4.35. The molecule has 0 saturated heterocycles. The molecule has 5 heteroatoms. The topological polar surface area (TPSA) is 85.4 Å². The van der Waals surface area contributed by atoms with Crippen LogP contribution < -0.4 is 10.5 Å². The zero-order valence-electron chi connectivity index (χ0n) is 11.0. The molecular formula is C15H16N2O3. The molecule has 0 aliphatic rings. The van der Waals surface area contributed by atoms with Crippen LogP contribution in [0.2, 0.25) is 0 Å². The van der Waals surface area contributed by atoms with E-state index in [2.05, 4.69) is 17.1 Å². The SMILES string of the molecule is Nc1cnc(OCCCc2ccccc2)cc1C(=O)O. The van der Waals surface area contributed by atoms with Gasteiger partial charge in [0.05, 0.1) is 24.1 Å². The standard InChI is InChI=1S/C15H16N2O3/c16-13-10-17-14(9-12(13)15(18)19)20-8-4-7-11-5-2-1-3-6-11/h1-3,5-6,9-10H,4,7-8,16H2,(H,18,19). The predicted molar refractivity (Wildman–Crippen MR) is 75.9 cm³/mol. The number of rotatable bonds is 6. The van der Waals surface area contributed by atoms with Crippen LogP contribution in [0.4, 0.5) is 5.69 Å². The minimum atomic E-state index is -1.08. The van der Waals surface area contributed by atoms with Crippen molar-refractivity contribution >= 4 is 11.7 Å². The number of aromatic carboxylic acids is 1. The van der Waals surface area contributed by atoms with Crippen molar-refractivity contribution in [2.24, 2.45) is 0 Å². The van der Waals surface area contributed by atoms with Gasteiger partial charge < -0.3 is 15.6 Å². The van der Waals surface area contributed by atoms with Gasteiger partial charge >= 0.3 is 5.97 Å². The summed E-state index contributed by atoms with van der Waals surface area (Å²) in [6, 6.07) is 11.4. The molecule has 0 amide bonds. The molecule has 0 bridgehead atoms. The lowest BCUT2D eigenvalue weighted by Crippen LogP contribution is -2.06. The normalized spacial score (nSPS) is 10.2. The molecule has 3 N–H and O–H groups in total. The summed E-state index contributed by atoms with van der Waals surface area (Å²) in [5, 5.41) is 8.95. The summed E-state index contributed by atoms with van der Waals surface area (Å²) >= 11 is 0. The summed E-state index contributed by atoms with van der Waals surface area (Å²) in [4.78, 5) is 14.9. The Hall–Kier alpha value is -2.56. The number of anilines is 1. The van der Waals surface area contributed by atoms with Gasteiger partial charge in [0.25, 0.3) is 0 Å². The first-order valence-electron chi connectivity index (χ1n) is 6.32. The van der Waals surface area contributed by atoms with Crippen LogP contribution in [-0.4, -0.2) is 22.7 Å². The minimum Gasteiger partial charge on any atom is -0.478 e. The Balaban J connectivity index is 1.85. The highest BCUT2D eigenvalue weighted by atomic mass is 16.5. The minimum absolute atomic E-state index is 0.0121. The molecule has 20 heavy (non-hydrogen) atoms. The lowest BCUT2D eigenvalue weighted by atomic mass is 10.1. The van der Waals surface area contributed by atoms with E-state index in [1.165, 1.54) is 17.8 Å². The number of aryl methyl sites for hydroxylation is 1. The number of pyridine rings is 1. The number of nitrogens with two attached hydrogens (primary N) is 1. The predicted octanol–water partition coefficient (Wildman–Crippen LogP) is 2.37. The molecule has 0 saturated carbocycles. The van der Waals surface area contributed by atoms with Crippen LogP contribution in [-0.2, 0) is 6.42 Å². The zero-order chi connectivity index (χ0) is 14.4. The quantitative estimate of drug-likeness (QED) is 0.788. The number of hydrogen-bond acceptors (Lipinski definition) is 4. The number of aromatic nitrogens is 1. The summed E-state index contributed by atoms with van der Waals surface area (Å²) in [5.41, 5.74) is 6.91. The number of carbonyl (C=O) groups is 1. The molecule has 0 aliphatic carbocycles. The fourth-order valence-corrected chi connectivity index (χ4v) is 1.81. The molecule has 5 nitrogen and oxygen atoms in total. The Kier molecular flexibility index (Phi) is 4.55. The largest absolute Gasteiger partial charge is 0.478 e. The van der Waals surface area contributed by atoms with E-state index in [0.717, 1.165) is 12.8 Å². The third-order valence-corrected chi connectivity index (χ3v) is 2.84. The highest BCUT2D eigenvalue weighted by Gasteiger charge is 2.10. The number of benzene rings is 1. The van der Waals surface area contributed by atoms with Crippen LogP contribution in [0, 0.1) is 0 Å². The third-order valence-electron chi connectivity index (χ3n) is 2.84. The maximum absolute atomic E-state index is 10.9. The fourth-order valence-electron chi connectivity index (χ4n) is 1.81. The number of carboxylic acid groups (broad SMARTS) is 1. The highest BCUT2D eigenvalue weighted by Crippen LogP contribution is 2.16. The molecule has 1 heterocycles. The molecule has 0 atom stereocenters. The van der Waals surface area contributed by atoms with Gasteiger partial charge in [0.1, 0.15) is 0 Å². The molecule has 0 radical (unpaired) electrons. The number of nitrogen functional groups attached to an aromatic ring is 1. The van der Waals surface area contributed by atoms with Crippen molar-refractivity contribution in [1.29, 1.82) is 0 Å². The molecular weight excluding hydrogens is 256 g/mol. The molecule has 1 aromatic heterocycles. The smallest absolute Gasteiger partial charge is 0.338 e. The van der Waals surface area contributed by atoms with Crippen LogP contribution in [0.5, 0.6) is 5.88 Å². The second kappa shape index (κ2) is 6.56. The molecule has 1 aromatic carbocycles. The number of ether oxygens (including phenoxy) is 1. The van der Waals surface area contributed by atoms with Gasteiger partial charge in [0.2, 0.25) is 5.88 Å². The van der Waals surface area contributed by atoms with Crippen molar-refractivity contribution in [1.82, 2.24) is 4.98 Å². The zero-order valence-corrected chi connectivity index (χ0v) is 11.0. The van der Waals surface area contributed by atoms with Crippen molar-refractivity contribution in [3.05, 3.63) is 53.7 Å². The van der Waals surface area contributed by atoms with Gasteiger partial charge in [-0.25, -0.2) is 9.78 Å². The number of nitrogens with zero attached hydrogens (tertiary/aromatic N) is 1. The van der Waals surface area contributed by atoms with Crippen LogP contribution in [0.1, 0.15) is 22.3 Å². The van der Waals surface area contributed by atoms with E-state index < -0.39 is 5.97 Å². The first-order valence-corrected chi connectivity index (χ1v) is 6.32. The summed E-state index contributed by atoms with van der Waals surface area (Å²) in [7, 11) is 0. The average molecular weight is 272 g/mol. The monoisotopic (exact) mass is 272 g/mol. The summed E-state index contributed by atoms with van der Waals surface area (Å²) < 4.78 is 5.44. The Morgan fingerprint density at radius 2 is 2.05 bits per heavy atom. The average Bonchev–Trinajstić information content (AvgIpc) is 2.46. The molecule has 0 unspecified atom stereocenters. The van der Waals surface area contributed by atoms with Gasteiger partial charge in [-0.05, 0) is 18.4 Å². The maximum Gasteiger partial charge on any atom is 0.338 e. The van der Waals surface area contributed by atoms with Gasteiger partial charge in [-0.3, -0.25) is 0 Å². The fraction of sp³-hybridized carbons (Fsp3) is 0.200. The van der Waals surface area contributed by atoms with Gasteiger partial charge in [-0.1, -0.05) is 30.3 Å². The van der Waals surface area contributed by atoms with Gasteiger partial charge in [0.15, 0.2) is 0 Å². The summed E-state index contributed by atoms with van der Waals surface area (Å²) in [5.74, 6) is -0.802. The van der Waals surface area contributed by atoms with Gasteiger partial charge in [-0.2, -0.15) is 0 Å². The van der Waals surface area contributed by atoms with E-state index in [0.29, 0.717) is 6.61 Å². The van der Waals surface area contributed by atoms with E-state index in [1.807, 2.05) is 18.2 Å². The first kappa shape index (κ1) is 13.9. The van der Waals surface area contributed by atoms with Crippen LogP contribution in [0.15, 0.2) is 42.6 Å². The number of carboxylic acids is 1. The van der Waals surface area contributed by atoms with Crippen LogP contribution >= 0.6 is 0 Å². The Morgan fingerprint density at radius 3 is 2.75 bits per heavy atom. The Labute approximate surface area is 117 Å². The van der Waals surface area contributed by atoms with Crippen molar-refractivity contribution in [2.75, 3.05) is 12.3 Å². The summed E-state index contributed by atoms with van der Waals surface area (Å²) in [6.07, 6.45) is 3.04. The maximum atomic E-state index is 10.9. The van der Waals surface area contributed by atoms with E-state index in [-0.39, 0.29) is 17.1 Å². The molecule has 0 fully saturated rings. The first-order chi connectivity index (χ1) is 9.66. The Bertz CT molecular complexity index is 585. The molecule has 2 aromatic rings. The van der Waals surface area contributed by atoms with E-state index >= 15 is 0 Å². The highest BCUT2D eigenvalue weighted by molar-refractivity contribution is 5.93. The Morgan fingerprint density at radius 1 is 1.30 bits per heavy atom. The van der Waals surface area contributed by atoms with Gasteiger partial charge in [0, 0.05) is 6.07 Å².